The van der Waals surface area contributed by atoms with E-state index in [1.807, 2.05) is 18.2 Å². The Balaban J connectivity index is 2.69. The second kappa shape index (κ2) is 56.0. The van der Waals surface area contributed by atoms with Crippen LogP contribution in [0.1, 0.15) is 220 Å². The van der Waals surface area contributed by atoms with Gasteiger partial charge in [0.15, 0.2) is 12.4 Å². The molecule has 1 heterocycles. The van der Waals surface area contributed by atoms with E-state index in [2.05, 4.69) is 148 Å². The van der Waals surface area contributed by atoms with Crippen LogP contribution in [0.15, 0.2) is 146 Å². The van der Waals surface area contributed by atoms with Crippen molar-refractivity contribution in [3.8, 4) is 0 Å². The second-order valence-electron chi connectivity index (χ2n) is 21.0. The molecular weight excluding hydrogens is 1010 g/mol. The van der Waals surface area contributed by atoms with Gasteiger partial charge in [-0.05, 0) is 116 Å². The van der Waals surface area contributed by atoms with Gasteiger partial charge in [0.1, 0.15) is 24.4 Å². The maximum Gasteiger partial charge on any atom is 0.306 e. The van der Waals surface area contributed by atoms with Gasteiger partial charge in [0, 0.05) is 6.42 Å². The summed E-state index contributed by atoms with van der Waals surface area (Å²) in [5.41, 5.74) is 0. The molecule has 0 aromatic heterocycles. The van der Waals surface area contributed by atoms with E-state index < -0.39 is 67.4 Å². The van der Waals surface area contributed by atoms with Crippen molar-refractivity contribution in [3.63, 3.8) is 0 Å². The second-order valence-corrected chi connectivity index (χ2v) is 21.0. The largest absolute Gasteiger partial charge is 0.454 e. The Labute approximate surface area is 492 Å². The molecule has 8 unspecified atom stereocenters. The number of amides is 1. The number of nitrogens with one attached hydrogen (secondary N) is 1. The fraction of sp³-hybridized carbons (Fsp3) is 0.629. The molecule has 0 aromatic rings. The molecule has 0 spiro atoms. The van der Waals surface area contributed by atoms with Crippen LogP contribution in [0.4, 0.5) is 0 Å². The maximum atomic E-state index is 13.4. The average Bonchev–Trinajstić information content (AvgIpc) is 3.50. The lowest BCUT2D eigenvalue weighted by atomic mass is 9.99. The third-order valence-corrected chi connectivity index (χ3v) is 13.7. The van der Waals surface area contributed by atoms with E-state index >= 15 is 0 Å². The Kier molecular flexibility index (Phi) is 51.6. The summed E-state index contributed by atoms with van der Waals surface area (Å²) in [6.07, 6.45) is 70.3. The molecule has 458 valence electrons. The third kappa shape index (κ3) is 43.8. The summed E-state index contributed by atoms with van der Waals surface area (Å²) < 4.78 is 17.5. The highest BCUT2D eigenvalue weighted by Crippen LogP contribution is 2.26. The SMILES string of the molecule is CC/C=C\C/C=C\C/C=C\C/C=C\C/C=C\C/C=C\CCCCCCCC(O)C(=O)NC(COC1OC(CO)C(O)C(O)C1OC(=O)CCC/C=C\C/C=C\C/C=C\C/C=C\C/C=C\CC)C(O)/C=C/CCCCCCCCCCC. The molecule has 0 aliphatic carbocycles. The first-order valence-electron chi connectivity index (χ1n) is 31.6. The highest BCUT2D eigenvalue weighted by molar-refractivity contribution is 5.80. The van der Waals surface area contributed by atoms with Crippen LogP contribution < -0.4 is 5.32 Å². The molecule has 1 aliphatic heterocycles. The summed E-state index contributed by atoms with van der Waals surface area (Å²) in [5, 5.41) is 57.0. The van der Waals surface area contributed by atoms with Crippen LogP contribution >= 0.6 is 0 Å². The van der Waals surface area contributed by atoms with Crippen LogP contribution in [0.5, 0.6) is 0 Å². The number of aliphatic hydroxyl groups is 5. The zero-order valence-corrected chi connectivity index (χ0v) is 50.6. The summed E-state index contributed by atoms with van der Waals surface area (Å²) in [4.78, 5) is 26.5. The van der Waals surface area contributed by atoms with Crippen molar-refractivity contribution in [3.05, 3.63) is 146 Å². The van der Waals surface area contributed by atoms with Crippen molar-refractivity contribution in [2.24, 2.45) is 0 Å². The predicted molar refractivity (Wildman–Crippen MR) is 337 cm³/mol. The molecule has 1 fully saturated rings. The van der Waals surface area contributed by atoms with Gasteiger partial charge in [-0.3, -0.25) is 9.59 Å². The summed E-state index contributed by atoms with van der Waals surface area (Å²) in [7, 11) is 0. The number of ether oxygens (including phenoxy) is 3. The predicted octanol–water partition coefficient (Wildman–Crippen LogP) is 15.4. The number of allylic oxidation sites excluding steroid dienone is 23. The first kappa shape index (κ1) is 74.6. The van der Waals surface area contributed by atoms with Crippen LogP contribution in [0.3, 0.4) is 0 Å². The number of hydrogen-bond acceptors (Lipinski definition) is 10. The van der Waals surface area contributed by atoms with Crippen LogP contribution in [-0.2, 0) is 23.8 Å². The molecule has 0 aromatic carbocycles. The molecule has 11 heteroatoms. The zero-order chi connectivity index (χ0) is 58.9. The molecule has 1 amide bonds. The fourth-order valence-electron chi connectivity index (χ4n) is 8.81. The number of carbonyl (C=O) groups is 2. The van der Waals surface area contributed by atoms with Crippen LogP contribution in [-0.4, -0.2) is 99.6 Å². The smallest absolute Gasteiger partial charge is 0.306 e. The zero-order valence-electron chi connectivity index (χ0n) is 50.6. The number of carbonyl (C=O) groups excluding carboxylic acids is 2. The highest BCUT2D eigenvalue weighted by atomic mass is 16.7. The van der Waals surface area contributed by atoms with E-state index in [1.165, 1.54) is 38.5 Å². The normalized spacial score (nSPS) is 19.7. The number of esters is 1. The van der Waals surface area contributed by atoms with Gasteiger partial charge in [0.2, 0.25) is 5.91 Å². The lowest BCUT2D eigenvalue weighted by molar-refractivity contribution is -0.305. The molecule has 81 heavy (non-hydrogen) atoms. The van der Waals surface area contributed by atoms with Gasteiger partial charge in [-0.1, -0.05) is 244 Å². The van der Waals surface area contributed by atoms with Gasteiger partial charge >= 0.3 is 5.97 Å². The molecular formula is C70H113NO10. The Morgan fingerprint density at radius 1 is 0.494 bits per heavy atom. The number of rotatable bonds is 51. The topological polar surface area (TPSA) is 175 Å². The van der Waals surface area contributed by atoms with E-state index in [4.69, 9.17) is 14.2 Å². The van der Waals surface area contributed by atoms with Gasteiger partial charge in [-0.25, -0.2) is 0 Å². The molecule has 1 aliphatic rings. The minimum Gasteiger partial charge on any atom is -0.454 e. The summed E-state index contributed by atoms with van der Waals surface area (Å²) in [6.45, 7) is 5.49. The van der Waals surface area contributed by atoms with E-state index in [0.717, 1.165) is 128 Å². The molecule has 11 nitrogen and oxygen atoms in total. The van der Waals surface area contributed by atoms with Crippen LogP contribution in [0.2, 0.25) is 0 Å². The molecule has 0 saturated carbocycles. The summed E-state index contributed by atoms with van der Waals surface area (Å²) in [5.74, 6) is -1.29. The standard InChI is InChI=1S/C70H113NO10/c1-4-7-10-13-16-19-22-24-26-28-29-30-31-32-33-34-36-37-39-42-45-48-51-54-57-63(74)69(78)71-61(62(73)56-53-50-47-44-41-21-18-15-12-9-6-3)60-79-70-68(67(77)66(76)64(59-72)80-70)81-65(75)58-55-52-49-46-43-40-38-35-27-25-23-20-17-14-11-8-5-2/h7-8,10-11,16-17,19-20,24-27,29-30,32-33,36-38,40,46,49,53,56,61-64,66-68,70,72-74,76-77H,4-6,9,12-15,18,21-23,28,31,34-35,39,41-45,47-48,50-52,54-55,57-60H2,1-3H3,(H,71,78)/b10-7-,11-8-,19-16-,20-17-,26-24-,27-25-,30-29-,33-32-,37-36-,40-38-,49-46-,56-53+. The number of hydrogen-bond donors (Lipinski definition) is 6. The van der Waals surface area contributed by atoms with Crippen LogP contribution in [0.25, 0.3) is 0 Å². The van der Waals surface area contributed by atoms with Gasteiger partial charge < -0.3 is 45.1 Å². The maximum absolute atomic E-state index is 13.4. The lowest BCUT2D eigenvalue weighted by Gasteiger charge is -2.41. The van der Waals surface area contributed by atoms with Crippen molar-refractivity contribution in [1.82, 2.24) is 5.32 Å². The number of aliphatic hydroxyl groups excluding tert-OH is 5. The number of unbranched alkanes of at least 4 members (excludes halogenated alkanes) is 15. The minimum absolute atomic E-state index is 0.0349. The molecule has 0 bridgehead atoms. The molecule has 6 N–H and O–H groups in total. The van der Waals surface area contributed by atoms with Crippen molar-refractivity contribution in [2.45, 2.75) is 269 Å². The summed E-state index contributed by atoms with van der Waals surface area (Å²) >= 11 is 0. The van der Waals surface area contributed by atoms with Gasteiger partial charge in [0.05, 0.1) is 25.4 Å². The Morgan fingerprint density at radius 2 is 0.889 bits per heavy atom. The third-order valence-electron chi connectivity index (χ3n) is 13.7. The first-order chi connectivity index (χ1) is 39.7. The highest BCUT2D eigenvalue weighted by Gasteiger charge is 2.47. The lowest BCUT2D eigenvalue weighted by Crippen LogP contribution is -2.61. The molecule has 1 saturated heterocycles. The molecule has 0 radical (unpaired) electrons. The Bertz CT molecular complexity index is 1870. The fourth-order valence-corrected chi connectivity index (χ4v) is 8.81. The van der Waals surface area contributed by atoms with Crippen molar-refractivity contribution < 1.29 is 49.3 Å². The van der Waals surface area contributed by atoms with E-state index in [9.17, 15) is 35.1 Å². The van der Waals surface area contributed by atoms with E-state index in [-0.39, 0.29) is 19.4 Å². The minimum atomic E-state index is -1.65. The van der Waals surface area contributed by atoms with E-state index in [1.54, 1.807) is 6.08 Å². The van der Waals surface area contributed by atoms with Crippen molar-refractivity contribution >= 4 is 11.9 Å². The van der Waals surface area contributed by atoms with Gasteiger partial charge in [-0.2, -0.15) is 0 Å². The van der Waals surface area contributed by atoms with Gasteiger partial charge in [0.25, 0.3) is 0 Å². The summed E-state index contributed by atoms with van der Waals surface area (Å²) in [6, 6.07) is -1.06. The van der Waals surface area contributed by atoms with Crippen molar-refractivity contribution in [1.29, 1.82) is 0 Å². The molecule has 1 rings (SSSR count). The van der Waals surface area contributed by atoms with Crippen LogP contribution in [0, 0.1) is 0 Å². The quantitative estimate of drug-likeness (QED) is 0.0195. The Hall–Kier alpha value is -4.46. The van der Waals surface area contributed by atoms with Crippen molar-refractivity contribution in [2.75, 3.05) is 13.2 Å². The Morgan fingerprint density at radius 3 is 1.33 bits per heavy atom. The first-order valence-corrected chi connectivity index (χ1v) is 31.6. The monoisotopic (exact) mass is 1130 g/mol. The van der Waals surface area contributed by atoms with E-state index in [0.29, 0.717) is 19.3 Å². The average molecular weight is 1130 g/mol. The molecule has 8 atom stereocenters. The van der Waals surface area contributed by atoms with Gasteiger partial charge in [-0.15, -0.1) is 0 Å².